The summed E-state index contributed by atoms with van der Waals surface area (Å²) < 4.78 is 5.34. The molecule has 0 atom stereocenters. The lowest BCUT2D eigenvalue weighted by atomic mass is 9.99. The van der Waals surface area contributed by atoms with E-state index < -0.39 is 5.97 Å². The van der Waals surface area contributed by atoms with Crippen molar-refractivity contribution in [2.24, 2.45) is 5.16 Å². The highest BCUT2D eigenvalue weighted by Gasteiger charge is 2.12. The number of carbonyl (C=O) groups excluding carboxylic acids is 1. The number of H-pyrrole nitrogens is 1. The Labute approximate surface area is 164 Å². The van der Waals surface area contributed by atoms with Gasteiger partial charge < -0.3 is 14.6 Å². The van der Waals surface area contributed by atoms with Crippen molar-refractivity contribution in [3.63, 3.8) is 0 Å². The Morgan fingerprint density at radius 2 is 1.93 bits per heavy atom. The van der Waals surface area contributed by atoms with E-state index in [0.29, 0.717) is 24.3 Å². The van der Waals surface area contributed by atoms with Gasteiger partial charge in [0, 0.05) is 23.4 Å². The standard InChI is InChI=1S/C23H22N2O3/c1-4-27-16(2)20-11-7-5-9-18(20)13-14-22(25-28-17(3)26)23-15-19-10-6-8-12-21(19)24-23/h4-12,15,24H,1-2,13-14H2,3H3/b25-22+. The van der Waals surface area contributed by atoms with Crippen molar-refractivity contribution in [1.29, 1.82) is 0 Å². The Bertz CT molecular complexity index is 1010. The summed E-state index contributed by atoms with van der Waals surface area (Å²) >= 11 is 0. The van der Waals surface area contributed by atoms with Crippen LogP contribution in [0.15, 0.2) is 79.2 Å². The lowest BCUT2D eigenvalue weighted by Gasteiger charge is -2.11. The van der Waals surface area contributed by atoms with E-state index in [1.165, 1.54) is 13.2 Å². The fourth-order valence-electron chi connectivity index (χ4n) is 3.01. The monoisotopic (exact) mass is 374 g/mol. The number of nitrogens with zero attached hydrogens (tertiary/aromatic N) is 1. The van der Waals surface area contributed by atoms with Crippen molar-refractivity contribution < 1.29 is 14.4 Å². The molecule has 1 N–H and O–H groups in total. The van der Waals surface area contributed by atoms with Gasteiger partial charge in [-0.2, -0.15) is 0 Å². The summed E-state index contributed by atoms with van der Waals surface area (Å²) in [5, 5.41) is 5.15. The van der Waals surface area contributed by atoms with Crippen LogP contribution >= 0.6 is 0 Å². The quantitative estimate of drug-likeness (QED) is 0.255. The van der Waals surface area contributed by atoms with Gasteiger partial charge in [0.15, 0.2) is 0 Å². The second kappa shape index (κ2) is 8.86. The van der Waals surface area contributed by atoms with Crippen molar-refractivity contribution in [1.82, 2.24) is 4.98 Å². The molecule has 0 fully saturated rings. The minimum atomic E-state index is -0.457. The second-order valence-corrected chi connectivity index (χ2v) is 6.26. The third-order valence-corrected chi connectivity index (χ3v) is 4.30. The molecule has 1 heterocycles. The van der Waals surface area contributed by atoms with Crippen molar-refractivity contribution >= 4 is 28.3 Å². The Balaban J connectivity index is 1.87. The average Bonchev–Trinajstić information content (AvgIpc) is 3.12. The Hall–Kier alpha value is -3.60. The first-order valence-electron chi connectivity index (χ1n) is 8.96. The van der Waals surface area contributed by atoms with E-state index in [0.717, 1.165) is 27.7 Å². The van der Waals surface area contributed by atoms with Gasteiger partial charge in [0.1, 0.15) is 11.5 Å². The molecule has 0 radical (unpaired) electrons. The van der Waals surface area contributed by atoms with E-state index >= 15 is 0 Å². The van der Waals surface area contributed by atoms with Gasteiger partial charge in [-0.05, 0) is 30.5 Å². The van der Waals surface area contributed by atoms with Crippen LogP contribution in [-0.2, 0) is 20.8 Å². The maximum absolute atomic E-state index is 11.3. The second-order valence-electron chi connectivity index (χ2n) is 6.26. The first-order chi connectivity index (χ1) is 13.6. The number of hydrogen-bond donors (Lipinski definition) is 1. The molecule has 142 valence electrons. The number of aryl methyl sites for hydroxylation is 1. The fraction of sp³-hybridized carbons (Fsp3) is 0.130. The summed E-state index contributed by atoms with van der Waals surface area (Å²) in [6, 6.07) is 17.8. The van der Waals surface area contributed by atoms with Crippen LogP contribution in [0.3, 0.4) is 0 Å². The van der Waals surface area contributed by atoms with E-state index in [2.05, 4.69) is 23.3 Å². The van der Waals surface area contributed by atoms with Crippen molar-refractivity contribution in [2.45, 2.75) is 19.8 Å². The van der Waals surface area contributed by atoms with Crippen molar-refractivity contribution in [3.8, 4) is 0 Å². The molecule has 3 rings (SSSR count). The van der Waals surface area contributed by atoms with E-state index in [1.807, 2.05) is 54.6 Å². The molecule has 0 aliphatic rings. The van der Waals surface area contributed by atoms with Crippen LogP contribution in [0.1, 0.15) is 30.2 Å². The van der Waals surface area contributed by atoms with Crippen LogP contribution in [0.2, 0.25) is 0 Å². The number of nitrogens with one attached hydrogen (secondary N) is 1. The summed E-state index contributed by atoms with van der Waals surface area (Å²) in [7, 11) is 0. The zero-order chi connectivity index (χ0) is 19.9. The zero-order valence-electron chi connectivity index (χ0n) is 15.8. The molecule has 1 aromatic heterocycles. The van der Waals surface area contributed by atoms with Gasteiger partial charge in [-0.1, -0.05) is 60.8 Å². The molecule has 2 aromatic carbocycles. The molecule has 3 aromatic rings. The smallest absolute Gasteiger partial charge is 0.331 e. The third kappa shape index (κ3) is 4.57. The summed E-state index contributed by atoms with van der Waals surface area (Å²) in [5.41, 5.74) is 4.45. The number of para-hydroxylation sites is 1. The lowest BCUT2D eigenvalue weighted by molar-refractivity contribution is -0.140. The van der Waals surface area contributed by atoms with Crippen LogP contribution in [0.4, 0.5) is 0 Å². The van der Waals surface area contributed by atoms with Gasteiger partial charge in [0.2, 0.25) is 0 Å². The fourth-order valence-corrected chi connectivity index (χ4v) is 3.01. The van der Waals surface area contributed by atoms with Crippen LogP contribution in [0.25, 0.3) is 16.7 Å². The highest BCUT2D eigenvalue weighted by atomic mass is 16.7. The molecule has 0 aliphatic carbocycles. The highest BCUT2D eigenvalue weighted by Crippen LogP contribution is 2.22. The molecule has 0 aliphatic heterocycles. The average molecular weight is 374 g/mol. The van der Waals surface area contributed by atoms with E-state index in [-0.39, 0.29) is 0 Å². The van der Waals surface area contributed by atoms with Crippen LogP contribution in [0.5, 0.6) is 0 Å². The molecular formula is C23H22N2O3. The Morgan fingerprint density at radius 3 is 2.68 bits per heavy atom. The van der Waals surface area contributed by atoms with Gasteiger partial charge in [0.25, 0.3) is 0 Å². The van der Waals surface area contributed by atoms with Crippen LogP contribution < -0.4 is 0 Å². The van der Waals surface area contributed by atoms with E-state index in [4.69, 9.17) is 9.57 Å². The maximum Gasteiger partial charge on any atom is 0.331 e. The molecular weight excluding hydrogens is 352 g/mol. The number of ether oxygens (including phenoxy) is 1. The number of hydrogen-bond acceptors (Lipinski definition) is 4. The number of fused-ring (bicyclic) bond motifs is 1. The van der Waals surface area contributed by atoms with E-state index in [1.54, 1.807) is 0 Å². The molecule has 0 bridgehead atoms. The number of oxime groups is 1. The predicted octanol–water partition coefficient (Wildman–Crippen LogP) is 5.20. The summed E-state index contributed by atoms with van der Waals surface area (Å²) in [4.78, 5) is 19.5. The molecule has 0 saturated heterocycles. The number of aromatic nitrogens is 1. The SMILES string of the molecule is C=COC(=C)c1ccccc1CC/C(=N\OC(C)=O)c1cc2ccccc2[nH]1. The molecule has 5 heteroatoms. The van der Waals surface area contributed by atoms with Gasteiger partial charge in [0.05, 0.1) is 12.0 Å². The van der Waals surface area contributed by atoms with E-state index in [9.17, 15) is 4.79 Å². The molecule has 0 saturated carbocycles. The number of rotatable bonds is 8. The number of benzene rings is 2. The minimum Gasteiger partial charge on any atom is -0.466 e. The predicted molar refractivity (Wildman–Crippen MR) is 112 cm³/mol. The molecule has 28 heavy (non-hydrogen) atoms. The van der Waals surface area contributed by atoms with Crippen molar-refractivity contribution in [3.05, 3.63) is 90.8 Å². The molecule has 5 nitrogen and oxygen atoms in total. The Kier molecular flexibility index (Phi) is 6.07. The third-order valence-electron chi connectivity index (χ3n) is 4.30. The minimum absolute atomic E-state index is 0.457. The van der Waals surface area contributed by atoms with Gasteiger partial charge in [-0.15, -0.1) is 0 Å². The van der Waals surface area contributed by atoms with Crippen LogP contribution in [0, 0.1) is 0 Å². The first kappa shape index (κ1) is 19.2. The Morgan fingerprint density at radius 1 is 1.18 bits per heavy atom. The van der Waals surface area contributed by atoms with Gasteiger partial charge >= 0.3 is 5.97 Å². The number of carbonyl (C=O) groups is 1. The maximum atomic E-state index is 11.3. The molecule has 0 unspecified atom stereocenters. The summed E-state index contributed by atoms with van der Waals surface area (Å²) in [5.74, 6) is 0.0801. The summed E-state index contributed by atoms with van der Waals surface area (Å²) in [6.07, 6.45) is 2.60. The molecule has 0 amide bonds. The molecule has 0 spiro atoms. The van der Waals surface area contributed by atoms with Gasteiger partial charge in [-0.3, -0.25) is 0 Å². The first-order valence-corrected chi connectivity index (χ1v) is 8.96. The van der Waals surface area contributed by atoms with Crippen LogP contribution in [-0.4, -0.2) is 16.7 Å². The zero-order valence-corrected chi connectivity index (χ0v) is 15.8. The van der Waals surface area contributed by atoms with Gasteiger partial charge in [-0.25, -0.2) is 4.79 Å². The highest BCUT2D eigenvalue weighted by molar-refractivity contribution is 6.03. The van der Waals surface area contributed by atoms with Crippen molar-refractivity contribution in [2.75, 3.05) is 0 Å². The largest absolute Gasteiger partial charge is 0.466 e. The normalized spacial score (nSPS) is 11.2. The number of aromatic amines is 1. The summed E-state index contributed by atoms with van der Waals surface area (Å²) in [6.45, 7) is 8.86. The lowest BCUT2D eigenvalue weighted by Crippen LogP contribution is -2.07. The topological polar surface area (TPSA) is 63.7 Å².